The Kier molecular flexibility index (Phi) is 17.3. The van der Waals surface area contributed by atoms with Gasteiger partial charge in [0.2, 0.25) is 5.91 Å². The maximum Gasteiger partial charge on any atom is 0.246 e. The standard InChI is InChI=1S/C24H45N5O7/c1-2-31-14-15-33-12-9-26-23(30)20-36-22-7-5-3-4-6-21-24(22)27-28-29(21)10-13-34-17-19-35-18-16-32-11-8-25/h22H,2-20,25H2,1H3,(H,26,30). The third kappa shape index (κ3) is 13.0. The van der Waals surface area contributed by atoms with Crippen molar-refractivity contribution in [2.75, 3.05) is 85.8 Å². The van der Waals surface area contributed by atoms with Crippen LogP contribution in [0.15, 0.2) is 0 Å². The molecule has 0 aromatic carbocycles. The summed E-state index contributed by atoms with van der Waals surface area (Å²) in [6.45, 7) is 8.83. The molecule has 0 saturated carbocycles. The van der Waals surface area contributed by atoms with Crippen molar-refractivity contribution in [2.24, 2.45) is 5.73 Å². The molecule has 0 fully saturated rings. The highest BCUT2D eigenvalue weighted by molar-refractivity contribution is 5.77. The van der Waals surface area contributed by atoms with Crippen LogP contribution >= 0.6 is 0 Å². The van der Waals surface area contributed by atoms with Crippen molar-refractivity contribution in [3.05, 3.63) is 11.4 Å². The van der Waals surface area contributed by atoms with Gasteiger partial charge in [0.1, 0.15) is 18.4 Å². The van der Waals surface area contributed by atoms with E-state index in [1.165, 1.54) is 0 Å². The lowest BCUT2D eigenvalue weighted by molar-refractivity contribution is -0.128. The Morgan fingerprint density at radius 2 is 1.64 bits per heavy atom. The summed E-state index contributed by atoms with van der Waals surface area (Å²) in [7, 11) is 0. The van der Waals surface area contributed by atoms with E-state index < -0.39 is 0 Å². The van der Waals surface area contributed by atoms with Crippen LogP contribution in [0.4, 0.5) is 0 Å². The minimum atomic E-state index is -0.238. The first-order valence-corrected chi connectivity index (χ1v) is 13.2. The van der Waals surface area contributed by atoms with Crippen molar-refractivity contribution < 1.29 is 33.2 Å². The Bertz CT molecular complexity index is 692. The van der Waals surface area contributed by atoms with Gasteiger partial charge in [0.05, 0.1) is 71.7 Å². The molecule has 208 valence electrons. The molecule has 1 unspecified atom stereocenters. The fourth-order valence-electron chi connectivity index (χ4n) is 3.76. The number of nitrogens with zero attached hydrogens (tertiary/aromatic N) is 3. The summed E-state index contributed by atoms with van der Waals surface area (Å²) in [6, 6.07) is 0. The Balaban J connectivity index is 1.68. The van der Waals surface area contributed by atoms with Crippen LogP contribution in [0.25, 0.3) is 0 Å². The van der Waals surface area contributed by atoms with E-state index in [-0.39, 0.29) is 18.6 Å². The van der Waals surface area contributed by atoms with Gasteiger partial charge in [-0.1, -0.05) is 18.1 Å². The third-order valence-electron chi connectivity index (χ3n) is 5.57. The maximum atomic E-state index is 12.2. The summed E-state index contributed by atoms with van der Waals surface area (Å²) in [5.74, 6) is -0.166. The van der Waals surface area contributed by atoms with Gasteiger partial charge in [-0.3, -0.25) is 4.79 Å². The highest BCUT2D eigenvalue weighted by Crippen LogP contribution is 2.29. The zero-order valence-electron chi connectivity index (χ0n) is 21.8. The Morgan fingerprint density at radius 1 is 0.944 bits per heavy atom. The Morgan fingerprint density at radius 3 is 2.39 bits per heavy atom. The van der Waals surface area contributed by atoms with Gasteiger partial charge in [0.15, 0.2) is 0 Å². The van der Waals surface area contributed by atoms with Gasteiger partial charge in [0, 0.05) is 19.7 Å². The molecule has 1 aliphatic carbocycles. The molecule has 3 N–H and O–H groups in total. The summed E-state index contributed by atoms with van der Waals surface area (Å²) in [4.78, 5) is 12.2. The third-order valence-corrected chi connectivity index (χ3v) is 5.57. The summed E-state index contributed by atoms with van der Waals surface area (Å²) >= 11 is 0. The predicted octanol–water partition coefficient (Wildman–Crippen LogP) is 0.630. The number of fused-ring (bicyclic) bond motifs is 1. The lowest BCUT2D eigenvalue weighted by Crippen LogP contribution is -2.31. The number of carbonyl (C=O) groups excluding carboxylic acids is 1. The van der Waals surface area contributed by atoms with Crippen LogP contribution in [0.1, 0.15) is 50.1 Å². The number of rotatable bonds is 21. The number of ether oxygens (including phenoxy) is 6. The molecule has 1 aromatic rings. The second-order valence-electron chi connectivity index (χ2n) is 8.33. The van der Waals surface area contributed by atoms with E-state index in [0.29, 0.717) is 85.7 Å². The summed E-state index contributed by atoms with van der Waals surface area (Å²) < 4.78 is 34.9. The molecule has 0 bridgehead atoms. The molecule has 1 amide bonds. The highest BCUT2D eigenvalue weighted by atomic mass is 16.5. The van der Waals surface area contributed by atoms with Crippen LogP contribution in [0, 0.1) is 0 Å². The van der Waals surface area contributed by atoms with Crippen LogP contribution in [0.2, 0.25) is 0 Å². The Hall–Kier alpha value is -1.67. The Labute approximate surface area is 214 Å². The summed E-state index contributed by atoms with van der Waals surface area (Å²) in [6.07, 6.45) is 4.70. The lowest BCUT2D eigenvalue weighted by Gasteiger charge is -2.20. The zero-order chi connectivity index (χ0) is 25.7. The van der Waals surface area contributed by atoms with Crippen LogP contribution in [-0.4, -0.2) is 107 Å². The zero-order valence-corrected chi connectivity index (χ0v) is 21.8. The smallest absolute Gasteiger partial charge is 0.246 e. The molecule has 1 atom stereocenters. The first-order chi connectivity index (χ1) is 17.8. The van der Waals surface area contributed by atoms with Crippen molar-refractivity contribution in [1.29, 1.82) is 0 Å². The molecule has 12 nitrogen and oxygen atoms in total. The maximum absolute atomic E-state index is 12.2. The molecule has 2 rings (SSSR count). The molecule has 1 aromatic heterocycles. The van der Waals surface area contributed by atoms with Crippen LogP contribution in [0.3, 0.4) is 0 Å². The number of amides is 1. The van der Waals surface area contributed by atoms with Crippen LogP contribution in [-0.2, 0) is 46.2 Å². The minimum Gasteiger partial charge on any atom is -0.379 e. The number of aromatic nitrogens is 3. The van der Waals surface area contributed by atoms with E-state index in [1.807, 2.05) is 11.6 Å². The number of nitrogens with one attached hydrogen (secondary N) is 1. The largest absolute Gasteiger partial charge is 0.379 e. The van der Waals surface area contributed by atoms with Crippen molar-refractivity contribution in [2.45, 2.75) is 51.7 Å². The monoisotopic (exact) mass is 515 g/mol. The quantitative estimate of drug-likeness (QED) is 0.224. The van der Waals surface area contributed by atoms with Gasteiger partial charge >= 0.3 is 0 Å². The van der Waals surface area contributed by atoms with E-state index in [9.17, 15) is 4.79 Å². The van der Waals surface area contributed by atoms with Gasteiger partial charge in [-0.25, -0.2) is 4.68 Å². The number of hydrogen-bond donors (Lipinski definition) is 2. The highest BCUT2D eigenvalue weighted by Gasteiger charge is 2.25. The summed E-state index contributed by atoms with van der Waals surface area (Å²) in [5, 5.41) is 11.6. The van der Waals surface area contributed by atoms with Crippen LogP contribution in [0.5, 0.6) is 0 Å². The van der Waals surface area contributed by atoms with Gasteiger partial charge in [-0.05, 0) is 26.2 Å². The minimum absolute atomic E-state index is 0.0176. The van der Waals surface area contributed by atoms with Gasteiger partial charge in [-0.15, -0.1) is 5.10 Å². The van der Waals surface area contributed by atoms with Crippen molar-refractivity contribution >= 4 is 5.91 Å². The molecule has 0 radical (unpaired) electrons. The van der Waals surface area contributed by atoms with E-state index in [4.69, 9.17) is 34.2 Å². The van der Waals surface area contributed by atoms with Crippen molar-refractivity contribution in [1.82, 2.24) is 20.3 Å². The molecule has 0 saturated heterocycles. The van der Waals surface area contributed by atoms with Crippen LogP contribution < -0.4 is 11.1 Å². The first-order valence-electron chi connectivity index (χ1n) is 13.2. The molecular formula is C24H45N5O7. The number of hydrogen-bond acceptors (Lipinski definition) is 10. The first kappa shape index (κ1) is 30.6. The normalized spacial score (nSPS) is 15.9. The lowest BCUT2D eigenvalue weighted by atomic mass is 9.99. The fourth-order valence-corrected chi connectivity index (χ4v) is 3.76. The molecule has 36 heavy (non-hydrogen) atoms. The number of nitrogens with two attached hydrogens (primary N) is 1. The van der Waals surface area contributed by atoms with Crippen molar-refractivity contribution in [3.8, 4) is 0 Å². The SMILES string of the molecule is CCOCCOCCNC(=O)COC1CCCCCc2c1nnn2CCOCCOCCOCCN. The summed E-state index contributed by atoms with van der Waals surface area (Å²) in [5.41, 5.74) is 7.27. The van der Waals surface area contributed by atoms with E-state index in [0.717, 1.165) is 43.5 Å². The molecule has 12 heteroatoms. The van der Waals surface area contributed by atoms with Gasteiger partial charge < -0.3 is 39.5 Å². The van der Waals surface area contributed by atoms with E-state index in [2.05, 4.69) is 15.6 Å². The average Bonchev–Trinajstić information content (AvgIpc) is 3.26. The second-order valence-corrected chi connectivity index (χ2v) is 8.33. The molecule has 1 aliphatic rings. The van der Waals surface area contributed by atoms with E-state index >= 15 is 0 Å². The number of carbonyl (C=O) groups is 1. The molecule has 0 aliphatic heterocycles. The molecular weight excluding hydrogens is 470 g/mol. The molecule has 0 spiro atoms. The van der Waals surface area contributed by atoms with E-state index in [1.54, 1.807) is 0 Å². The van der Waals surface area contributed by atoms with Crippen molar-refractivity contribution in [3.63, 3.8) is 0 Å². The predicted molar refractivity (Wildman–Crippen MR) is 133 cm³/mol. The average molecular weight is 516 g/mol. The van der Waals surface area contributed by atoms with Gasteiger partial charge in [-0.2, -0.15) is 0 Å². The topological polar surface area (TPSA) is 141 Å². The fraction of sp³-hybridized carbons (Fsp3) is 0.875. The van der Waals surface area contributed by atoms with Gasteiger partial charge in [0.25, 0.3) is 0 Å². The second kappa shape index (κ2) is 20.4. The molecule has 1 heterocycles.